The van der Waals surface area contributed by atoms with E-state index in [9.17, 15) is 4.79 Å². The number of rotatable bonds is 7. The Morgan fingerprint density at radius 1 is 0.875 bits per heavy atom. The molecule has 2 aromatic carbocycles. The average molecular weight is 437 g/mol. The number of nitrogens with zero attached hydrogens (tertiary/aromatic N) is 1. The van der Waals surface area contributed by atoms with E-state index >= 15 is 0 Å². The van der Waals surface area contributed by atoms with Gasteiger partial charge in [0.05, 0.1) is 33.1 Å². The smallest absolute Gasteiger partial charge is 0.147 e. The number of quaternary nitrogens is 1. The van der Waals surface area contributed by atoms with Gasteiger partial charge in [-0.05, 0) is 11.1 Å². The maximum atomic E-state index is 13.1. The lowest BCUT2D eigenvalue weighted by Gasteiger charge is -2.36. The molecule has 0 radical (unpaired) electrons. The monoisotopic (exact) mass is 437 g/mol. The van der Waals surface area contributed by atoms with Crippen LogP contribution in [0.25, 0.3) is 0 Å². The highest BCUT2D eigenvalue weighted by molar-refractivity contribution is 5.93. The van der Waals surface area contributed by atoms with Crippen LogP contribution in [0.1, 0.15) is 30.9 Å². The second-order valence-electron chi connectivity index (χ2n) is 7.18. The second-order valence-corrected chi connectivity index (χ2v) is 7.18. The third-order valence-corrected chi connectivity index (χ3v) is 4.49. The molecule has 0 aromatic heterocycles. The van der Waals surface area contributed by atoms with Gasteiger partial charge in [0.25, 0.3) is 0 Å². The van der Waals surface area contributed by atoms with Crippen LogP contribution >= 0.6 is 0 Å². The number of halogens is 1. The summed E-state index contributed by atoms with van der Waals surface area (Å²) in [4.78, 5) is 13.1. The Hall–Kier alpha value is -1.20. The molecule has 0 bridgehead atoms. The quantitative estimate of drug-likeness (QED) is 0.468. The molecule has 2 rings (SSSR count). The molecule has 0 amide bonds. The van der Waals surface area contributed by atoms with Gasteiger partial charge < -0.3 is 28.5 Å². The molecule has 0 spiro atoms. The molecule has 0 unspecified atom stereocenters. The summed E-state index contributed by atoms with van der Waals surface area (Å²) in [6.45, 7) is 2.91. The van der Waals surface area contributed by atoms with E-state index in [-0.39, 0.29) is 24.0 Å². The number of carbonyl (C=O) groups is 1. The van der Waals surface area contributed by atoms with Crippen molar-refractivity contribution in [2.24, 2.45) is 0 Å². The summed E-state index contributed by atoms with van der Waals surface area (Å²) in [5, 5.41) is 0. The molecule has 0 saturated heterocycles. The first-order chi connectivity index (χ1) is 10.9. The first kappa shape index (κ1) is 20.8. The van der Waals surface area contributed by atoms with Crippen molar-refractivity contribution >= 4 is 5.78 Å². The lowest BCUT2D eigenvalue weighted by molar-refractivity contribution is -0.870. The number of Topliss-reactive ketones (excluding diaryl/α,β-unsaturated/α-hetero) is 1. The van der Waals surface area contributed by atoms with Gasteiger partial charge in [-0.2, -0.15) is 0 Å². The van der Waals surface area contributed by atoms with Gasteiger partial charge in [-0.25, -0.2) is 0 Å². The largest absolute Gasteiger partial charge is 1.00 e. The van der Waals surface area contributed by atoms with Gasteiger partial charge in [-0.3, -0.25) is 4.79 Å². The lowest BCUT2D eigenvalue weighted by atomic mass is 9.68. The van der Waals surface area contributed by atoms with E-state index in [2.05, 4.69) is 45.4 Å². The summed E-state index contributed by atoms with van der Waals surface area (Å²) < 4.78 is 0.846. The van der Waals surface area contributed by atoms with Gasteiger partial charge in [0.1, 0.15) is 5.78 Å². The van der Waals surface area contributed by atoms with E-state index in [4.69, 9.17) is 0 Å². The molecule has 0 aliphatic rings. The Kier molecular flexibility index (Phi) is 7.61. The minimum absolute atomic E-state index is 0. The number of ketones is 1. The third kappa shape index (κ3) is 4.67. The van der Waals surface area contributed by atoms with Crippen molar-refractivity contribution in [1.29, 1.82) is 0 Å². The molecule has 0 saturated carbocycles. The molecule has 24 heavy (non-hydrogen) atoms. The molecule has 2 aromatic rings. The Bertz CT molecular complexity index is 592. The van der Waals surface area contributed by atoms with Crippen molar-refractivity contribution in [2.45, 2.75) is 25.2 Å². The zero-order valence-electron chi connectivity index (χ0n) is 15.1. The molecule has 0 N–H and O–H groups in total. The first-order valence-corrected chi connectivity index (χ1v) is 8.35. The summed E-state index contributed by atoms with van der Waals surface area (Å²) in [6, 6.07) is 20.5. The Morgan fingerprint density at radius 3 is 1.62 bits per heavy atom. The van der Waals surface area contributed by atoms with Gasteiger partial charge in [-0.15, -0.1) is 0 Å². The fraction of sp³-hybridized carbons (Fsp3) is 0.381. The van der Waals surface area contributed by atoms with Crippen molar-refractivity contribution < 1.29 is 33.3 Å². The highest BCUT2D eigenvalue weighted by Crippen LogP contribution is 2.38. The van der Waals surface area contributed by atoms with Gasteiger partial charge in [0.15, 0.2) is 0 Å². The predicted octanol–water partition coefficient (Wildman–Crippen LogP) is 1.05. The summed E-state index contributed by atoms with van der Waals surface area (Å²) in [5.41, 5.74) is 1.65. The molecule has 3 heteroatoms. The van der Waals surface area contributed by atoms with Crippen LogP contribution in [0, 0.1) is 0 Å². The first-order valence-electron chi connectivity index (χ1n) is 8.35. The van der Waals surface area contributed by atoms with Gasteiger partial charge in [-0.1, -0.05) is 67.6 Å². The van der Waals surface area contributed by atoms with Crippen molar-refractivity contribution in [3.63, 3.8) is 0 Å². The van der Waals surface area contributed by atoms with E-state index in [1.807, 2.05) is 43.3 Å². The van der Waals surface area contributed by atoms with E-state index in [0.717, 1.165) is 28.6 Å². The average Bonchev–Trinajstić information content (AvgIpc) is 2.56. The summed E-state index contributed by atoms with van der Waals surface area (Å²) >= 11 is 0. The lowest BCUT2D eigenvalue weighted by Crippen LogP contribution is -3.00. The van der Waals surface area contributed by atoms with Gasteiger partial charge >= 0.3 is 0 Å². The van der Waals surface area contributed by atoms with E-state index in [1.54, 1.807) is 0 Å². The summed E-state index contributed by atoms with van der Waals surface area (Å²) in [5.74, 6) is 0.295. The Labute approximate surface area is 163 Å². The SMILES string of the molecule is CCC(=O)C(CC[N+](C)(C)C)(c1ccccc1)c1ccccc1.[I-]. The zero-order valence-corrected chi connectivity index (χ0v) is 17.3. The predicted molar refractivity (Wildman–Crippen MR) is 96.5 cm³/mol. The Balaban J connectivity index is 0.00000288. The minimum Gasteiger partial charge on any atom is -1.00 e. The minimum atomic E-state index is -0.553. The van der Waals surface area contributed by atoms with Crippen LogP contribution in [0.3, 0.4) is 0 Å². The van der Waals surface area contributed by atoms with Crippen LogP contribution in [-0.2, 0) is 10.2 Å². The maximum Gasteiger partial charge on any atom is 0.147 e. The van der Waals surface area contributed by atoms with Crippen molar-refractivity contribution in [1.82, 2.24) is 0 Å². The van der Waals surface area contributed by atoms with Crippen molar-refractivity contribution in [3.8, 4) is 0 Å². The number of carbonyl (C=O) groups excluding carboxylic acids is 1. The van der Waals surface area contributed by atoms with Crippen LogP contribution in [0.5, 0.6) is 0 Å². The highest BCUT2D eigenvalue weighted by atomic mass is 127. The summed E-state index contributed by atoms with van der Waals surface area (Å²) in [7, 11) is 6.53. The van der Waals surface area contributed by atoms with Crippen molar-refractivity contribution in [2.75, 3.05) is 27.7 Å². The molecule has 0 aliphatic carbocycles. The molecular weight excluding hydrogens is 409 g/mol. The number of hydrogen-bond acceptors (Lipinski definition) is 1. The summed E-state index contributed by atoms with van der Waals surface area (Å²) in [6.07, 6.45) is 1.36. The standard InChI is InChI=1S/C21H28NO.HI/c1-5-20(23)21(16-17-22(2,3)4,18-12-8-6-9-13-18)19-14-10-7-11-15-19;/h6-15H,5,16-17H2,1-4H3;1H/q+1;/p-1. The van der Waals surface area contributed by atoms with Crippen LogP contribution in [0.15, 0.2) is 60.7 Å². The molecule has 0 aliphatic heterocycles. The topological polar surface area (TPSA) is 17.1 Å². The van der Waals surface area contributed by atoms with E-state index in [0.29, 0.717) is 12.2 Å². The van der Waals surface area contributed by atoms with Crippen LogP contribution < -0.4 is 24.0 Å². The normalized spacial score (nSPS) is 11.7. The Morgan fingerprint density at radius 2 is 1.29 bits per heavy atom. The maximum absolute atomic E-state index is 13.1. The number of hydrogen-bond donors (Lipinski definition) is 0. The zero-order chi connectivity index (χ0) is 16.9. The van der Waals surface area contributed by atoms with Gasteiger partial charge in [0.2, 0.25) is 0 Å². The molecule has 0 atom stereocenters. The molecule has 2 nitrogen and oxygen atoms in total. The second kappa shape index (κ2) is 8.77. The fourth-order valence-electron chi connectivity index (χ4n) is 3.17. The van der Waals surface area contributed by atoms with E-state index < -0.39 is 5.41 Å². The van der Waals surface area contributed by atoms with E-state index in [1.165, 1.54) is 0 Å². The van der Waals surface area contributed by atoms with Gasteiger partial charge in [0, 0.05) is 12.8 Å². The molecule has 130 valence electrons. The van der Waals surface area contributed by atoms with Crippen LogP contribution in [-0.4, -0.2) is 38.0 Å². The van der Waals surface area contributed by atoms with Crippen LogP contribution in [0.4, 0.5) is 0 Å². The van der Waals surface area contributed by atoms with Crippen molar-refractivity contribution in [3.05, 3.63) is 71.8 Å². The third-order valence-electron chi connectivity index (χ3n) is 4.49. The molecular formula is C21H28INO. The highest BCUT2D eigenvalue weighted by Gasteiger charge is 2.41. The fourth-order valence-corrected chi connectivity index (χ4v) is 3.17. The molecule has 0 heterocycles. The number of benzene rings is 2. The molecule has 0 fully saturated rings. The van der Waals surface area contributed by atoms with Crippen LogP contribution in [0.2, 0.25) is 0 Å².